The molecule has 2 heterocycles. The summed E-state index contributed by atoms with van der Waals surface area (Å²) in [7, 11) is 0. The largest absolute Gasteiger partial charge is 0.331 e. The van der Waals surface area contributed by atoms with Crippen molar-refractivity contribution in [3.05, 3.63) is 35.7 Å². The lowest BCUT2D eigenvalue weighted by Gasteiger charge is -2.14. The molecule has 3 rings (SSSR count). The summed E-state index contributed by atoms with van der Waals surface area (Å²) in [6.07, 6.45) is 9.22. The van der Waals surface area contributed by atoms with Crippen LogP contribution in [0, 0.1) is 13.8 Å². The number of aromatic nitrogens is 4. The van der Waals surface area contributed by atoms with E-state index in [-0.39, 0.29) is 0 Å². The van der Waals surface area contributed by atoms with Crippen molar-refractivity contribution in [2.45, 2.75) is 56.5 Å². The summed E-state index contributed by atoms with van der Waals surface area (Å²) in [5.74, 6) is 0.888. The van der Waals surface area contributed by atoms with E-state index in [4.69, 9.17) is 0 Å². The van der Waals surface area contributed by atoms with E-state index in [1.165, 1.54) is 31.4 Å². The fourth-order valence-corrected chi connectivity index (χ4v) is 3.77. The molecule has 1 fully saturated rings. The number of rotatable bonds is 4. The van der Waals surface area contributed by atoms with E-state index in [0.29, 0.717) is 6.04 Å². The summed E-state index contributed by atoms with van der Waals surface area (Å²) in [6.45, 7) is 4.03. The van der Waals surface area contributed by atoms with Crippen LogP contribution in [-0.4, -0.2) is 19.5 Å². The minimum Gasteiger partial charge on any atom is -0.331 e. The van der Waals surface area contributed by atoms with Gasteiger partial charge >= 0.3 is 0 Å². The Hall–Kier alpha value is -1.36. The van der Waals surface area contributed by atoms with Crippen LogP contribution in [0.5, 0.6) is 0 Å². The van der Waals surface area contributed by atoms with Gasteiger partial charge in [-0.15, -0.1) is 0 Å². The van der Waals surface area contributed by atoms with Gasteiger partial charge in [-0.2, -0.15) is 0 Å². The summed E-state index contributed by atoms with van der Waals surface area (Å²) >= 11 is 1.70. The van der Waals surface area contributed by atoms with Crippen LogP contribution in [0.3, 0.4) is 0 Å². The summed E-state index contributed by atoms with van der Waals surface area (Å²) in [4.78, 5) is 13.3. The molecular formula is C15H20N4S. The van der Waals surface area contributed by atoms with Crippen LogP contribution in [0.4, 0.5) is 0 Å². The van der Waals surface area contributed by atoms with Crippen LogP contribution in [0.2, 0.25) is 0 Å². The molecule has 1 aliphatic rings. The molecule has 0 aliphatic heterocycles. The SMILES string of the molecule is Cc1cc(C)nc(SCc2cncn2C2CCCC2)n1. The number of imidazole rings is 1. The lowest BCUT2D eigenvalue weighted by molar-refractivity contribution is 0.507. The molecule has 20 heavy (non-hydrogen) atoms. The molecule has 0 spiro atoms. The topological polar surface area (TPSA) is 43.6 Å². The Morgan fingerprint density at radius 3 is 2.60 bits per heavy atom. The Balaban J connectivity index is 1.70. The number of thioether (sulfide) groups is 1. The maximum atomic E-state index is 4.48. The lowest BCUT2D eigenvalue weighted by Crippen LogP contribution is -2.06. The van der Waals surface area contributed by atoms with Crippen molar-refractivity contribution in [3.8, 4) is 0 Å². The number of nitrogens with zero attached hydrogens (tertiary/aromatic N) is 4. The third-order valence-electron chi connectivity index (χ3n) is 3.78. The molecule has 0 atom stereocenters. The van der Waals surface area contributed by atoms with Crippen molar-refractivity contribution in [2.24, 2.45) is 0 Å². The molecule has 106 valence electrons. The van der Waals surface area contributed by atoms with Crippen LogP contribution in [-0.2, 0) is 5.75 Å². The first-order valence-electron chi connectivity index (χ1n) is 7.18. The molecule has 0 unspecified atom stereocenters. The maximum absolute atomic E-state index is 4.48. The van der Waals surface area contributed by atoms with Gasteiger partial charge in [-0.3, -0.25) is 0 Å². The Morgan fingerprint density at radius 2 is 1.90 bits per heavy atom. The van der Waals surface area contributed by atoms with Gasteiger partial charge in [-0.25, -0.2) is 15.0 Å². The Morgan fingerprint density at radius 1 is 1.20 bits per heavy atom. The van der Waals surface area contributed by atoms with E-state index < -0.39 is 0 Å². The van der Waals surface area contributed by atoms with Crippen LogP contribution in [0.15, 0.2) is 23.7 Å². The lowest BCUT2D eigenvalue weighted by atomic mass is 10.2. The standard InChI is InChI=1S/C15H20N4S/c1-11-7-12(2)18-15(17-11)20-9-14-8-16-10-19(14)13-5-3-4-6-13/h7-8,10,13H,3-6,9H2,1-2H3. The minimum atomic E-state index is 0.647. The van der Waals surface area contributed by atoms with Crippen molar-refractivity contribution in [3.63, 3.8) is 0 Å². The van der Waals surface area contributed by atoms with E-state index in [2.05, 4.69) is 19.5 Å². The van der Waals surface area contributed by atoms with Crippen molar-refractivity contribution in [2.75, 3.05) is 0 Å². The predicted octanol–water partition coefficient (Wildman–Crippen LogP) is 3.70. The molecule has 0 aromatic carbocycles. The fourth-order valence-electron chi connectivity index (χ4n) is 2.85. The van der Waals surface area contributed by atoms with Crippen LogP contribution >= 0.6 is 11.8 Å². The molecule has 4 nitrogen and oxygen atoms in total. The Bertz CT molecular complexity index is 567. The summed E-state index contributed by atoms with van der Waals surface area (Å²) in [5.41, 5.74) is 3.35. The minimum absolute atomic E-state index is 0.647. The summed E-state index contributed by atoms with van der Waals surface area (Å²) in [6, 6.07) is 2.65. The van der Waals surface area contributed by atoms with E-state index in [0.717, 1.165) is 22.3 Å². The van der Waals surface area contributed by atoms with Gasteiger partial charge in [0.15, 0.2) is 5.16 Å². The van der Waals surface area contributed by atoms with Crippen molar-refractivity contribution in [1.82, 2.24) is 19.5 Å². The van der Waals surface area contributed by atoms with E-state index in [1.54, 1.807) is 11.8 Å². The smallest absolute Gasteiger partial charge is 0.188 e. The number of aryl methyl sites for hydroxylation is 2. The van der Waals surface area contributed by atoms with E-state index in [1.807, 2.05) is 32.4 Å². The molecule has 1 saturated carbocycles. The monoisotopic (exact) mass is 288 g/mol. The van der Waals surface area contributed by atoms with Gasteiger partial charge in [0.05, 0.1) is 6.33 Å². The Labute approximate surface area is 124 Å². The third-order valence-corrected chi connectivity index (χ3v) is 4.66. The third kappa shape index (κ3) is 3.03. The van der Waals surface area contributed by atoms with Crippen molar-refractivity contribution >= 4 is 11.8 Å². The van der Waals surface area contributed by atoms with Crippen LogP contribution < -0.4 is 0 Å². The molecule has 2 aromatic heterocycles. The second kappa shape index (κ2) is 5.95. The molecule has 0 N–H and O–H groups in total. The second-order valence-electron chi connectivity index (χ2n) is 5.45. The second-order valence-corrected chi connectivity index (χ2v) is 6.39. The highest BCUT2D eigenvalue weighted by Crippen LogP contribution is 2.31. The quantitative estimate of drug-likeness (QED) is 0.635. The highest BCUT2D eigenvalue weighted by molar-refractivity contribution is 7.98. The van der Waals surface area contributed by atoms with Crippen LogP contribution in [0.1, 0.15) is 48.8 Å². The van der Waals surface area contributed by atoms with E-state index >= 15 is 0 Å². The van der Waals surface area contributed by atoms with Gasteiger partial charge in [-0.1, -0.05) is 24.6 Å². The fraction of sp³-hybridized carbons (Fsp3) is 0.533. The zero-order chi connectivity index (χ0) is 13.9. The molecule has 2 aromatic rings. The highest BCUT2D eigenvalue weighted by Gasteiger charge is 2.19. The van der Waals surface area contributed by atoms with Crippen LogP contribution in [0.25, 0.3) is 0 Å². The normalized spacial score (nSPS) is 15.9. The highest BCUT2D eigenvalue weighted by atomic mass is 32.2. The van der Waals surface area contributed by atoms with E-state index in [9.17, 15) is 0 Å². The number of hydrogen-bond acceptors (Lipinski definition) is 4. The van der Waals surface area contributed by atoms with Gasteiger partial charge in [0.1, 0.15) is 0 Å². The molecule has 0 saturated heterocycles. The summed E-state index contributed by atoms with van der Waals surface area (Å²) in [5, 5.41) is 0.863. The molecule has 0 bridgehead atoms. The zero-order valence-corrected chi connectivity index (χ0v) is 12.9. The van der Waals surface area contributed by atoms with Crippen molar-refractivity contribution in [1.29, 1.82) is 0 Å². The molecule has 1 aliphatic carbocycles. The van der Waals surface area contributed by atoms with Gasteiger partial charge in [0.25, 0.3) is 0 Å². The zero-order valence-electron chi connectivity index (χ0n) is 12.0. The predicted molar refractivity (Wildman–Crippen MR) is 80.8 cm³/mol. The van der Waals surface area contributed by atoms with Gasteiger partial charge < -0.3 is 4.57 Å². The first-order valence-corrected chi connectivity index (χ1v) is 8.17. The van der Waals surface area contributed by atoms with Gasteiger partial charge in [0, 0.05) is 35.1 Å². The molecule has 0 amide bonds. The average Bonchev–Trinajstić information content (AvgIpc) is 3.06. The van der Waals surface area contributed by atoms with Crippen molar-refractivity contribution < 1.29 is 0 Å². The maximum Gasteiger partial charge on any atom is 0.188 e. The molecular weight excluding hydrogens is 268 g/mol. The first kappa shape index (κ1) is 13.6. The average molecular weight is 288 g/mol. The molecule has 0 radical (unpaired) electrons. The van der Waals surface area contributed by atoms with Gasteiger partial charge in [0.2, 0.25) is 0 Å². The Kier molecular flexibility index (Phi) is 4.05. The first-order chi connectivity index (χ1) is 9.72. The number of hydrogen-bond donors (Lipinski definition) is 0. The molecule has 5 heteroatoms. The summed E-state index contributed by atoms with van der Waals surface area (Å²) < 4.78 is 2.35. The van der Waals surface area contributed by atoms with Gasteiger partial charge in [-0.05, 0) is 32.8 Å².